The van der Waals surface area contributed by atoms with E-state index in [-0.39, 0.29) is 44.2 Å². The highest BCUT2D eigenvalue weighted by molar-refractivity contribution is 5.97. The van der Waals surface area contributed by atoms with Gasteiger partial charge in [0.05, 0.1) is 6.04 Å². The molecule has 0 radical (unpaired) electrons. The van der Waals surface area contributed by atoms with Crippen molar-refractivity contribution in [3.05, 3.63) is 71.8 Å². The second-order valence-electron chi connectivity index (χ2n) is 15.8. The number of benzene rings is 2. The number of aliphatic imine (C=N–C) groups is 1. The van der Waals surface area contributed by atoms with Crippen molar-refractivity contribution in [2.75, 3.05) is 19.6 Å². The molecule has 7 amide bonds. The quantitative estimate of drug-likeness (QED) is 0.0426. The van der Waals surface area contributed by atoms with E-state index >= 15 is 0 Å². The second-order valence-corrected chi connectivity index (χ2v) is 15.8. The lowest BCUT2D eigenvalue weighted by Crippen LogP contribution is -2.60. The first-order valence-electron chi connectivity index (χ1n) is 21.2. The summed E-state index contributed by atoms with van der Waals surface area (Å²) in [6.45, 7) is 4.28. The van der Waals surface area contributed by atoms with Crippen LogP contribution in [0.15, 0.2) is 65.7 Å². The molecule has 2 heterocycles. The Balaban J connectivity index is 1.52. The van der Waals surface area contributed by atoms with Gasteiger partial charge in [-0.3, -0.25) is 38.6 Å². The van der Waals surface area contributed by atoms with E-state index < -0.39 is 77.7 Å². The number of carbonyl (C=O) groups is 7. The van der Waals surface area contributed by atoms with Gasteiger partial charge in [-0.25, -0.2) is 0 Å². The Kier molecular flexibility index (Phi) is 18.5. The molecule has 2 fully saturated rings. The summed E-state index contributed by atoms with van der Waals surface area (Å²) in [5, 5.41) is 11.0. The van der Waals surface area contributed by atoms with Gasteiger partial charge in [0, 0.05) is 32.5 Å². The molecule has 18 nitrogen and oxygen atoms in total. The van der Waals surface area contributed by atoms with Crippen LogP contribution in [0, 0.1) is 0 Å². The Labute approximate surface area is 357 Å². The van der Waals surface area contributed by atoms with Crippen LogP contribution in [-0.2, 0) is 46.4 Å². The second kappa shape index (κ2) is 23.7. The third-order valence-corrected chi connectivity index (χ3v) is 11.0. The van der Waals surface area contributed by atoms with Crippen LogP contribution >= 0.6 is 0 Å². The molecule has 12 N–H and O–H groups in total. The summed E-state index contributed by atoms with van der Waals surface area (Å²) < 4.78 is 0. The first kappa shape index (κ1) is 47.6. The number of rotatable bonds is 22. The number of nitrogens with two attached hydrogens (primary N) is 4. The van der Waals surface area contributed by atoms with Crippen molar-refractivity contribution >= 4 is 47.3 Å². The van der Waals surface area contributed by atoms with Crippen LogP contribution in [0.25, 0.3) is 0 Å². The minimum atomic E-state index is -1.17. The highest BCUT2D eigenvalue weighted by atomic mass is 16.2. The molecule has 61 heavy (non-hydrogen) atoms. The summed E-state index contributed by atoms with van der Waals surface area (Å²) in [5.41, 5.74) is 23.8. The minimum Gasteiger partial charge on any atom is -0.370 e. The number of unbranched alkanes of at least 4 members (excludes halogenated alkanes) is 1. The van der Waals surface area contributed by atoms with Crippen LogP contribution in [0.3, 0.4) is 0 Å². The molecule has 2 aromatic rings. The lowest BCUT2D eigenvalue weighted by Gasteiger charge is -2.33. The third-order valence-electron chi connectivity index (χ3n) is 11.0. The van der Waals surface area contributed by atoms with Crippen molar-refractivity contribution in [1.82, 2.24) is 31.1 Å². The fourth-order valence-electron chi connectivity index (χ4n) is 7.66. The molecule has 0 bridgehead atoms. The monoisotopic (exact) mass is 845 g/mol. The average molecular weight is 846 g/mol. The normalized spacial score (nSPS) is 18.5. The molecule has 2 aliphatic heterocycles. The van der Waals surface area contributed by atoms with E-state index in [0.717, 1.165) is 17.5 Å². The van der Waals surface area contributed by atoms with Gasteiger partial charge in [0.25, 0.3) is 0 Å². The van der Waals surface area contributed by atoms with Crippen LogP contribution in [0.5, 0.6) is 0 Å². The van der Waals surface area contributed by atoms with Gasteiger partial charge in [0.2, 0.25) is 41.4 Å². The van der Waals surface area contributed by atoms with Gasteiger partial charge >= 0.3 is 0 Å². The molecule has 2 aromatic carbocycles. The Morgan fingerprint density at radius 3 is 1.85 bits per heavy atom. The Morgan fingerprint density at radius 2 is 1.26 bits per heavy atom. The van der Waals surface area contributed by atoms with Gasteiger partial charge in [0.1, 0.15) is 36.3 Å². The number of nitrogens with one attached hydrogen (secondary N) is 4. The topological polar surface area (TPSA) is 291 Å². The molecule has 0 unspecified atom stereocenters. The number of hydrogen-bond donors (Lipinski definition) is 8. The fraction of sp³-hybridized carbons (Fsp3) is 0.535. The van der Waals surface area contributed by atoms with Crippen molar-refractivity contribution in [3.63, 3.8) is 0 Å². The molecule has 0 aromatic heterocycles. The lowest BCUT2D eigenvalue weighted by atomic mass is 10.0. The molecule has 2 aliphatic rings. The van der Waals surface area contributed by atoms with Crippen LogP contribution in [0.2, 0.25) is 0 Å². The molecular weight excluding hydrogens is 783 g/mol. The first-order chi connectivity index (χ1) is 29.2. The molecule has 0 aliphatic carbocycles. The largest absolute Gasteiger partial charge is 0.370 e. The first-order valence-corrected chi connectivity index (χ1v) is 21.2. The van der Waals surface area contributed by atoms with E-state index in [1.165, 1.54) is 16.7 Å². The van der Waals surface area contributed by atoms with Crippen molar-refractivity contribution in [3.8, 4) is 0 Å². The molecule has 18 heteroatoms. The zero-order chi connectivity index (χ0) is 44.5. The van der Waals surface area contributed by atoms with Crippen molar-refractivity contribution < 1.29 is 33.6 Å². The molecule has 2 saturated heterocycles. The molecule has 4 rings (SSSR count). The SMILES string of the molecule is CCCC[C@H](NC(=O)[C@@H]1CCCN1C(=O)[C@H]1CCCN1C(=O)[C@H](Cc1ccccc1)NC(=O)[C@H](Cc1ccccc1)NC(=O)[C@H](C)NC(=O)[C@@H](N)CCCN=C(N)N)C(N)=O. The predicted octanol–water partition coefficient (Wildman–Crippen LogP) is -0.531. The third kappa shape index (κ3) is 14.3. The summed E-state index contributed by atoms with van der Waals surface area (Å²) in [6.07, 6.45) is 4.60. The Hall–Kier alpha value is -6.04. The van der Waals surface area contributed by atoms with E-state index in [4.69, 9.17) is 22.9 Å². The van der Waals surface area contributed by atoms with E-state index in [2.05, 4.69) is 26.3 Å². The maximum absolute atomic E-state index is 14.6. The van der Waals surface area contributed by atoms with Crippen molar-refractivity contribution in [2.45, 2.75) is 127 Å². The molecule has 0 spiro atoms. The van der Waals surface area contributed by atoms with E-state index in [1.807, 2.05) is 43.3 Å². The predicted molar refractivity (Wildman–Crippen MR) is 230 cm³/mol. The van der Waals surface area contributed by atoms with E-state index in [9.17, 15) is 33.6 Å². The van der Waals surface area contributed by atoms with Gasteiger partial charge in [-0.05, 0) is 63.0 Å². The highest BCUT2D eigenvalue weighted by Gasteiger charge is 2.44. The average Bonchev–Trinajstić information content (AvgIpc) is 3.95. The number of nitrogens with zero attached hydrogens (tertiary/aromatic N) is 3. The van der Waals surface area contributed by atoms with Crippen LogP contribution < -0.4 is 44.2 Å². The maximum Gasteiger partial charge on any atom is 0.246 e. The van der Waals surface area contributed by atoms with Crippen LogP contribution in [0.4, 0.5) is 0 Å². The zero-order valence-corrected chi connectivity index (χ0v) is 35.2. The Morgan fingerprint density at radius 1 is 0.689 bits per heavy atom. The lowest BCUT2D eigenvalue weighted by molar-refractivity contribution is -0.148. The van der Waals surface area contributed by atoms with E-state index in [1.54, 1.807) is 24.3 Å². The van der Waals surface area contributed by atoms with Crippen LogP contribution in [0.1, 0.15) is 82.8 Å². The van der Waals surface area contributed by atoms with Gasteiger partial charge < -0.3 is 54.0 Å². The smallest absolute Gasteiger partial charge is 0.246 e. The van der Waals surface area contributed by atoms with Crippen molar-refractivity contribution in [1.29, 1.82) is 0 Å². The van der Waals surface area contributed by atoms with Crippen molar-refractivity contribution in [2.24, 2.45) is 27.9 Å². The number of hydrogen-bond acceptors (Lipinski definition) is 9. The van der Waals surface area contributed by atoms with Crippen LogP contribution in [-0.4, -0.2) is 119 Å². The summed E-state index contributed by atoms with van der Waals surface area (Å²) in [6, 6.07) is 11.2. The summed E-state index contributed by atoms with van der Waals surface area (Å²) in [7, 11) is 0. The number of guanidine groups is 1. The van der Waals surface area contributed by atoms with Gasteiger partial charge in [-0.2, -0.15) is 0 Å². The number of primary amides is 1. The number of carbonyl (C=O) groups excluding carboxylic acids is 7. The van der Waals surface area contributed by atoms with E-state index in [0.29, 0.717) is 51.5 Å². The van der Waals surface area contributed by atoms with Gasteiger partial charge in [-0.15, -0.1) is 0 Å². The Bertz CT molecular complexity index is 1840. The summed E-state index contributed by atoms with van der Waals surface area (Å²) >= 11 is 0. The molecule has 7 atom stereocenters. The maximum atomic E-state index is 14.6. The number of likely N-dealkylation sites (tertiary alicyclic amines) is 2. The summed E-state index contributed by atoms with van der Waals surface area (Å²) in [5.74, 6) is -3.90. The zero-order valence-electron chi connectivity index (χ0n) is 35.2. The molecular formula is C43H63N11O7. The highest BCUT2D eigenvalue weighted by Crippen LogP contribution is 2.26. The standard InChI is InChI=1S/C43H63N11O7/c1-3-4-19-31(36(45)55)50-40(59)34-20-12-23-53(34)42(61)35-21-13-24-54(35)41(60)33(26-29-16-9-6-10-17-29)52-39(58)32(25-28-14-7-5-8-15-28)51-37(56)27(2)49-38(57)30(44)18-11-22-48-43(46)47/h5-10,14-17,27,30-35H,3-4,11-13,18-26,44H2,1-2H3,(H2,45,55)(H,49,57)(H,50,59)(H,51,56)(H,52,58)(H4,46,47,48)/t27-,30-,31-,32-,33-,34-,35+/m0/s1. The fourth-order valence-corrected chi connectivity index (χ4v) is 7.66. The summed E-state index contributed by atoms with van der Waals surface area (Å²) in [4.78, 5) is 102. The van der Waals surface area contributed by atoms with Gasteiger partial charge in [-0.1, -0.05) is 80.4 Å². The molecule has 0 saturated carbocycles. The van der Waals surface area contributed by atoms with Gasteiger partial charge in [0.15, 0.2) is 5.96 Å². The molecule has 332 valence electrons. The minimum absolute atomic E-state index is 0.0634. The number of amides is 7.